The highest BCUT2D eigenvalue weighted by molar-refractivity contribution is 5.77. The highest BCUT2D eigenvalue weighted by Crippen LogP contribution is 2.25. The maximum absolute atomic E-state index is 13.2. The molecular formula is C17H17FO2. The molecule has 0 saturated heterocycles. The first-order chi connectivity index (χ1) is 9.47. The van der Waals surface area contributed by atoms with Gasteiger partial charge in [-0.1, -0.05) is 35.9 Å². The van der Waals surface area contributed by atoms with Gasteiger partial charge in [-0.25, -0.2) is 4.39 Å². The average Bonchev–Trinajstić information content (AvgIpc) is 2.36. The fourth-order valence-electron chi connectivity index (χ4n) is 2.45. The number of benzene rings is 2. The summed E-state index contributed by atoms with van der Waals surface area (Å²) in [5.41, 5.74) is 3.53. The Kier molecular flexibility index (Phi) is 4.18. The molecule has 0 aliphatic heterocycles. The Morgan fingerprint density at radius 2 is 1.95 bits per heavy atom. The van der Waals surface area contributed by atoms with Crippen LogP contribution in [0.2, 0.25) is 0 Å². The van der Waals surface area contributed by atoms with Crippen LogP contribution in [0.25, 0.3) is 0 Å². The lowest BCUT2D eigenvalue weighted by Crippen LogP contribution is -2.15. The number of hydrogen-bond acceptors (Lipinski definition) is 1. The summed E-state index contributed by atoms with van der Waals surface area (Å²) in [4.78, 5) is 11.5. The molecule has 0 aliphatic rings. The third-order valence-electron chi connectivity index (χ3n) is 3.43. The molecule has 1 unspecified atom stereocenters. The lowest BCUT2D eigenvalue weighted by atomic mass is 9.88. The minimum atomic E-state index is -0.888. The number of carbonyl (C=O) groups is 1. The van der Waals surface area contributed by atoms with E-state index in [1.54, 1.807) is 12.1 Å². The van der Waals surface area contributed by atoms with Gasteiger partial charge in [-0.3, -0.25) is 4.79 Å². The molecule has 0 aromatic heterocycles. The largest absolute Gasteiger partial charge is 0.481 e. The number of aliphatic carboxylic acids is 1. The van der Waals surface area contributed by atoms with E-state index in [9.17, 15) is 14.3 Å². The summed E-state index contributed by atoms with van der Waals surface area (Å²) in [6, 6.07) is 11.8. The van der Waals surface area contributed by atoms with Crippen molar-refractivity contribution in [1.29, 1.82) is 0 Å². The summed E-state index contributed by atoms with van der Waals surface area (Å²) < 4.78 is 13.2. The van der Waals surface area contributed by atoms with Gasteiger partial charge in [0.1, 0.15) is 5.82 Å². The van der Waals surface area contributed by atoms with Crippen molar-refractivity contribution in [3.63, 3.8) is 0 Å². The molecule has 2 aromatic carbocycles. The van der Waals surface area contributed by atoms with Gasteiger partial charge in [0, 0.05) is 0 Å². The van der Waals surface area contributed by atoms with E-state index in [0.717, 1.165) is 16.7 Å². The molecule has 0 fully saturated rings. The summed E-state index contributed by atoms with van der Waals surface area (Å²) >= 11 is 0. The van der Waals surface area contributed by atoms with Crippen LogP contribution in [0.3, 0.4) is 0 Å². The SMILES string of the molecule is Cc1ccc(C(Cc2cccc(F)c2)C(=O)O)c(C)c1. The van der Waals surface area contributed by atoms with Crippen molar-refractivity contribution in [2.45, 2.75) is 26.2 Å². The fourth-order valence-corrected chi connectivity index (χ4v) is 2.45. The van der Waals surface area contributed by atoms with Gasteiger partial charge in [-0.2, -0.15) is 0 Å². The zero-order chi connectivity index (χ0) is 14.7. The molecular weight excluding hydrogens is 255 g/mol. The number of rotatable bonds is 4. The highest BCUT2D eigenvalue weighted by atomic mass is 19.1. The first-order valence-corrected chi connectivity index (χ1v) is 6.52. The molecule has 0 saturated carbocycles. The number of carboxylic acids is 1. The van der Waals surface area contributed by atoms with E-state index in [1.165, 1.54) is 12.1 Å². The van der Waals surface area contributed by atoms with E-state index in [1.807, 2.05) is 32.0 Å². The monoisotopic (exact) mass is 272 g/mol. The first-order valence-electron chi connectivity index (χ1n) is 6.52. The third-order valence-corrected chi connectivity index (χ3v) is 3.43. The highest BCUT2D eigenvalue weighted by Gasteiger charge is 2.22. The van der Waals surface area contributed by atoms with Crippen LogP contribution < -0.4 is 0 Å². The molecule has 2 nitrogen and oxygen atoms in total. The van der Waals surface area contributed by atoms with Crippen LogP contribution >= 0.6 is 0 Å². The van der Waals surface area contributed by atoms with E-state index < -0.39 is 11.9 Å². The molecule has 0 radical (unpaired) electrons. The molecule has 0 heterocycles. The molecule has 20 heavy (non-hydrogen) atoms. The van der Waals surface area contributed by atoms with E-state index in [4.69, 9.17) is 0 Å². The molecule has 2 rings (SSSR count). The Hall–Kier alpha value is -2.16. The minimum Gasteiger partial charge on any atom is -0.481 e. The van der Waals surface area contributed by atoms with Crippen molar-refractivity contribution < 1.29 is 14.3 Å². The van der Waals surface area contributed by atoms with Gasteiger partial charge in [0.2, 0.25) is 0 Å². The second-order valence-electron chi connectivity index (χ2n) is 5.08. The summed E-state index contributed by atoms with van der Waals surface area (Å²) in [7, 11) is 0. The Morgan fingerprint density at radius 1 is 1.20 bits per heavy atom. The van der Waals surface area contributed by atoms with Crippen molar-refractivity contribution in [2.24, 2.45) is 0 Å². The molecule has 0 spiro atoms. The van der Waals surface area contributed by atoms with Crippen LogP contribution in [0.1, 0.15) is 28.2 Å². The second kappa shape index (κ2) is 5.87. The van der Waals surface area contributed by atoms with E-state index in [2.05, 4.69) is 0 Å². The molecule has 0 amide bonds. The quantitative estimate of drug-likeness (QED) is 0.917. The smallest absolute Gasteiger partial charge is 0.311 e. The molecule has 1 N–H and O–H groups in total. The maximum Gasteiger partial charge on any atom is 0.311 e. The molecule has 0 aliphatic carbocycles. The fraction of sp³-hybridized carbons (Fsp3) is 0.235. The van der Waals surface area contributed by atoms with Gasteiger partial charge in [0.05, 0.1) is 5.92 Å². The number of aryl methyl sites for hydroxylation is 2. The zero-order valence-electron chi connectivity index (χ0n) is 11.6. The average molecular weight is 272 g/mol. The Balaban J connectivity index is 2.34. The first kappa shape index (κ1) is 14.3. The number of carboxylic acid groups (broad SMARTS) is 1. The predicted molar refractivity (Wildman–Crippen MR) is 76.4 cm³/mol. The van der Waals surface area contributed by atoms with Crippen LogP contribution in [0.4, 0.5) is 4.39 Å². The van der Waals surface area contributed by atoms with Gasteiger partial charge < -0.3 is 5.11 Å². The lowest BCUT2D eigenvalue weighted by Gasteiger charge is -2.16. The maximum atomic E-state index is 13.2. The molecule has 1 atom stereocenters. The zero-order valence-corrected chi connectivity index (χ0v) is 11.6. The van der Waals surface area contributed by atoms with Crippen molar-refractivity contribution in [3.05, 3.63) is 70.5 Å². The van der Waals surface area contributed by atoms with Crippen LogP contribution in [-0.4, -0.2) is 11.1 Å². The van der Waals surface area contributed by atoms with Crippen molar-refractivity contribution in [1.82, 2.24) is 0 Å². The molecule has 3 heteroatoms. The van der Waals surface area contributed by atoms with Crippen LogP contribution in [0, 0.1) is 19.7 Å². The topological polar surface area (TPSA) is 37.3 Å². The summed E-state index contributed by atoms with van der Waals surface area (Å²) in [6.45, 7) is 3.88. The second-order valence-corrected chi connectivity index (χ2v) is 5.08. The standard InChI is InChI=1S/C17H17FO2/c1-11-6-7-15(12(2)8-11)16(17(19)20)10-13-4-3-5-14(18)9-13/h3-9,16H,10H2,1-2H3,(H,19,20). The molecule has 2 aromatic rings. The Bertz CT molecular complexity index is 635. The van der Waals surface area contributed by atoms with E-state index in [0.29, 0.717) is 5.56 Å². The van der Waals surface area contributed by atoms with Gasteiger partial charge in [-0.15, -0.1) is 0 Å². The van der Waals surface area contributed by atoms with Gasteiger partial charge in [0.15, 0.2) is 0 Å². The Morgan fingerprint density at radius 3 is 2.55 bits per heavy atom. The third kappa shape index (κ3) is 3.23. The van der Waals surface area contributed by atoms with Gasteiger partial charge >= 0.3 is 5.97 Å². The predicted octanol–water partition coefficient (Wildman–Crippen LogP) is 3.85. The van der Waals surface area contributed by atoms with E-state index in [-0.39, 0.29) is 12.2 Å². The Labute approximate surface area is 117 Å². The van der Waals surface area contributed by atoms with Crippen LogP contribution in [0.15, 0.2) is 42.5 Å². The van der Waals surface area contributed by atoms with E-state index >= 15 is 0 Å². The normalized spacial score (nSPS) is 12.2. The van der Waals surface area contributed by atoms with Crippen molar-refractivity contribution in [3.8, 4) is 0 Å². The van der Waals surface area contributed by atoms with Crippen molar-refractivity contribution >= 4 is 5.97 Å². The van der Waals surface area contributed by atoms with Crippen LogP contribution in [-0.2, 0) is 11.2 Å². The molecule has 104 valence electrons. The lowest BCUT2D eigenvalue weighted by molar-refractivity contribution is -0.138. The number of hydrogen-bond donors (Lipinski definition) is 1. The molecule has 0 bridgehead atoms. The summed E-state index contributed by atoms with van der Waals surface area (Å²) in [5, 5.41) is 9.46. The minimum absolute atomic E-state index is 0.289. The number of halogens is 1. The summed E-state index contributed by atoms with van der Waals surface area (Å²) in [5.74, 6) is -1.88. The van der Waals surface area contributed by atoms with Crippen LogP contribution in [0.5, 0.6) is 0 Å². The van der Waals surface area contributed by atoms with Gasteiger partial charge in [-0.05, 0) is 49.1 Å². The summed E-state index contributed by atoms with van der Waals surface area (Å²) in [6.07, 6.45) is 0.289. The van der Waals surface area contributed by atoms with Gasteiger partial charge in [0.25, 0.3) is 0 Å². The van der Waals surface area contributed by atoms with Crippen molar-refractivity contribution in [2.75, 3.05) is 0 Å².